The fraction of sp³-hybridized carbons (Fsp3) is 0.167. The summed E-state index contributed by atoms with van der Waals surface area (Å²) < 4.78 is 28.5. The highest BCUT2D eigenvalue weighted by atomic mass is 19.1. The Labute approximate surface area is 142 Å². The Balaban J connectivity index is 1.71. The third-order valence-electron chi connectivity index (χ3n) is 4.21. The minimum absolute atomic E-state index is 0.264. The van der Waals surface area contributed by atoms with Gasteiger partial charge in [-0.05, 0) is 43.5 Å². The third kappa shape index (κ3) is 2.77. The Hall–Kier alpha value is -3.09. The van der Waals surface area contributed by atoms with Crippen LogP contribution in [0.15, 0.2) is 42.6 Å². The first-order valence-corrected chi connectivity index (χ1v) is 7.92. The number of pyridine rings is 1. The summed E-state index contributed by atoms with van der Waals surface area (Å²) in [7, 11) is 0. The summed E-state index contributed by atoms with van der Waals surface area (Å²) in [5.74, 6) is -1.43. The summed E-state index contributed by atoms with van der Waals surface area (Å²) in [5.41, 5.74) is 2.64. The predicted octanol–water partition coefficient (Wildman–Crippen LogP) is 3.29. The van der Waals surface area contributed by atoms with E-state index in [1.807, 2.05) is 0 Å². The van der Waals surface area contributed by atoms with Gasteiger partial charge in [0.2, 0.25) is 5.95 Å². The van der Waals surface area contributed by atoms with Crippen LogP contribution in [-0.2, 0) is 12.8 Å². The molecule has 1 aromatic carbocycles. The van der Waals surface area contributed by atoms with E-state index in [1.54, 1.807) is 18.2 Å². The number of anilines is 1. The van der Waals surface area contributed by atoms with Crippen molar-refractivity contribution >= 4 is 11.6 Å². The van der Waals surface area contributed by atoms with Gasteiger partial charge in [-0.1, -0.05) is 12.1 Å². The second-order valence-electron chi connectivity index (χ2n) is 5.81. The van der Waals surface area contributed by atoms with Gasteiger partial charge in [0.05, 0.1) is 11.9 Å². The molecule has 0 atom stereocenters. The fourth-order valence-electron chi connectivity index (χ4n) is 3.08. The summed E-state index contributed by atoms with van der Waals surface area (Å²) in [6, 6.07) is 8.92. The minimum Gasteiger partial charge on any atom is -0.319 e. The van der Waals surface area contributed by atoms with Gasteiger partial charge in [-0.15, -0.1) is 0 Å². The Bertz CT molecular complexity index is 950. The zero-order valence-corrected chi connectivity index (χ0v) is 13.2. The standard InChI is InChI=1S/C18H14F2N4O/c19-13-5-1-2-6-15(13)24-14-7-3-4-12(14)17(23-24)18(25)22-11-8-9-16(20)21-10-11/h1-2,5-6,8-10H,3-4,7H2,(H,22,25). The molecule has 1 aliphatic carbocycles. The highest BCUT2D eigenvalue weighted by molar-refractivity contribution is 6.04. The van der Waals surface area contributed by atoms with Gasteiger partial charge in [-0.3, -0.25) is 4.79 Å². The second kappa shape index (κ2) is 6.08. The molecule has 0 unspecified atom stereocenters. The maximum atomic E-state index is 14.1. The van der Waals surface area contributed by atoms with Crippen LogP contribution < -0.4 is 5.32 Å². The molecule has 5 nitrogen and oxygen atoms in total. The van der Waals surface area contributed by atoms with Crippen LogP contribution in [0.1, 0.15) is 28.2 Å². The van der Waals surface area contributed by atoms with Gasteiger partial charge >= 0.3 is 0 Å². The predicted molar refractivity (Wildman–Crippen MR) is 87.7 cm³/mol. The summed E-state index contributed by atoms with van der Waals surface area (Å²) in [4.78, 5) is 16.1. The molecule has 1 amide bonds. The molecule has 1 aliphatic rings. The number of hydrogen-bond acceptors (Lipinski definition) is 3. The van der Waals surface area contributed by atoms with E-state index in [2.05, 4.69) is 15.4 Å². The third-order valence-corrected chi connectivity index (χ3v) is 4.21. The molecule has 0 fully saturated rings. The first-order valence-electron chi connectivity index (χ1n) is 7.92. The number of benzene rings is 1. The van der Waals surface area contributed by atoms with Crippen LogP contribution in [0.2, 0.25) is 0 Å². The van der Waals surface area contributed by atoms with Gasteiger partial charge in [-0.2, -0.15) is 9.49 Å². The molecule has 0 aliphatic heterocycles. The van der Waals surface area contributed by atoms with Crippen molar-refractivity contribution in [2.45, 2.75) is 19.3 Å². The molecule has 4 rings (SSSR count). The van der Waals surface area contributed by atoms with Crippen molar-refractivity contribution in [2.75, 3.05) is 5.32 Å². The zero-order chi connectivity index (χ0) is 17.4. The average Bonchev–Trinajstić information content (AvgIpc) is 3.20. The maximum absolute atomic E-state index is 14.1. The van der Waals surface area contributed by atoms with Crippen molar-refractivity contribution in [1.82, 2.24) is 14.8 Å². The Morgan fingerprint density at radius 1 is 1.12 bits per heavy atom. The van der Waals surface area contributed by atoms with Crippen LogP contribution in [0.25, 0.3) is 5.69 Å². The van der Waals surface area contributed by atoms with Gasteiger partial charge in [0.1, 0.15) is 11.5 Å². The lowest BCUT2D eigenvalue weighted by atomic mass is 10.2. The van der Waals surface area contributed by atoms with E-state index < -0.39 is 17.7 Å². The molecule has 3 aromatic rings. The van der Waals surface area contributed by atoms with Gasteiger partial charge < -0.3 is 5.32 Å². The van der Waals surface area contributed by atoms with Gasteiger partial charge in [0.25, 0.3) is 5.91 Å². The monoisotopic (exact) mass is 340 g/mol. The summed E-state index contributed by atoms with van der Waals surface area (Å²) in [6.45, 7) is 0. The van der Waals surface area contributed by atoms with Gasteiger partial charge in [0.15, 0.2) is 5.69 Å². The van der Waals surface area contributed by atoms with Crippen LogP contribution in [0.4, 0.5) is 14.5 Å². The molecule has 7 heteroatoms. The molecular formula is C18H14F2N4O. The normalized spacial score (nSPS) is 12.9. The first-order chi connectivity index (χ1) is 12.1. The number of nitrogens with one attached hydrogen (secondary N) is 1. The number of hydrogen-bond donors (Lipinski definition) is 1. The molecule has 25 heavy (non-hydrogen) atoms. The van der Waals surface area contributed by atoms with Crippen molar-refractivity contribution < 1.29 is 13.6 Å². The lowest BCUT2D eigenvalue weighted by Gasteiger charge is -2.06. The fourth-order valence-corrected chi connectivity index (χ4v) is 3.08. The highest BCUT2D eigenvalue weighted by Crippen LogP contribution is 2.29. The number of fused-ring (bicyclic) bond motifs is 1. The first kappa shape index (κ1) is 15.4. The van der Waals surface area contributed by atoms with Crippen LogP contribution in [-0.4, -0.2) is 20.7 Å². The van der Waals surface area contributed by atoms with Crippen molar-refractivity contribution in [3.63, 3.8) is 0 Å². The largest absolute Gasteiger partial charge is 0.319 e. The van der Waals surface area contributed by atoms with Crippen LogP contribution in [0, 0.1) is 11.8 Å². The lowest BCUT2D eigenvalue weighted by molar-refractivity contribution is 0.102. The minimum atomic E-state index is -0.622. The van der Waals surface area contributed by atoms with E-state index in [0.29, 0.717) is 17.8 Å². The Morgan fingerprint density at radius 2 is 1.96 bits per heavy atom. The Kier molecular flexibility index (Phi) is 3.76. The lowest BCUT2D eigenvalue weighted by Crippen LogP contribution is -2.15. The number of nitrogens with zero attached hydrogens (tertiary/aromatic N) is 3. The number of para-hydroxylation sites is 1. The van der Waals surface area contributed by atoms with E-state index in [0.717, 1.165) is 30.2 Å². The van der Waals surface area contributed by atoms with E-state index in [4.69, 9.17) is 0 Å². The summed E-state index contributed by atoms with van der Waals surface area (Å²) in [5, 5.41) is 7.00. The van der Waals surface area contributed by atoms with Crippen molar-refractivity contribution in [3.8, 4) is 5.69 Å². The zero-order valence-electron chi connectivity index (χ0n) is 13.2. The number of amides is 1. The van der Waals surface area contributed by atoms with E-state index in [-0.39, 0.29) is 5.69 Å². The second-order valence-corrected chi connectivity index (χ2v) is 5.81. The Morgan fingerprint density at radius 3 is 2.72 bits per heavy atom. The molecule has 126 valence electrons. The smallest absolute Gasteiger partial charge is 0.276 e. The van der Waals surface area contributed by atoms with E-state index in [1.165, 1.54) is 23.0 Å². The van der Waals surface area contributed by atoms with Crippen LogP contribution in [0.3, 0.4) is 0 Å². The molecule has 2 aromatic heterocycles. The molecule has 0 saturated heterocycles. The quantitative estimate of drug-likeness (QED) is 0.745. The van der Waals surface area contributed by atoms with E-state index >= 15 is 0 Å². The van der Waals surface area contributed by atoms with Crippen molar-refractivity contribution in [1.29, 1.82) is 0 Å². The highest BCUT2D eigenvalue weighted by Gasteiger charge is 2.27. The van der Waals surface area contributed by atoms with Crippen molar-refractivity contribution in [2.24, 2.45) is 0 Å². The molecule has 0 spiro atoms. The SMILES string of the molecule is O=C(Nc1ccc(F)nc1)c1nn(-c2ccccc2F)c2c1CCC2. The number of carbonyl (C=O) groups is 1. The molecular weight excluding hydrogens is 326 g/mol. The summed E-state index contributed by atoms with van der Waals surface area (Å²) >= 11 is 0. The molecule has 1 N–H and O–H groups in total. The number of carbonyl (C=O) groups excluding carboxylic acids is 1. The van der Waals surface area contributed by atoms with Crippen LogP contribution >= 0.6 is 0 Å². The topological polar surface area (TPSA) is 59.8 Å². The number of aromatic nitrogens is 3. The summed E-state index contributed by atoms with van der Waals surface area (Å²) in [6.07, 6.45) is 3.58. The van der Waals surface area contributed by atoms with Crippen LogP contribution in [0.5, 0.6) is 0 Å². The van der Waals surface area contributed by atoms with Crippen molar-refractivity contribution in [3.05, 3.63) is 71.3 Å². The van der Waals surface area contributed by atoms with Gasteiger partial charge in [-0.25, -0.2) is 14.1 Å². The molecule has 0 radical (unpaired) electrons. The molecule has 0 bridgehead atoms. The number of halogens is 2. The molecule has 0 saturated carbocycles. The van der Waals surface area contributed by atoms with E-state index in [9.17, 15) is 13.6 Å². The maximum Gasteiger partial charge on any atom is 0.276 e. The number of rotatable bonds is 3. The van der Waals surface area contributed by atoms with Gasteiger partial charge in [0, 0.05) is 11.3 Å². The molecule has 2 heterocycles. The average molecular weight is 340 g/mol.